The molecule has 2 atom stereocenters. The van der Waals surface area contributed by atoms with E-state index in [9.17, 15) is 0 Å². The maximum absolute atomic E-state index is 6.49. The highest BCUT2D eigenvalue weighted by atomic mass is 127. The van der Waals surface area contributed by atoms with Crippen LogP contribution in [-0.4, -0.2) is 29.3 Å². The van der Waals surface area contributed by atoms with Crippen molar-refractivity contribution in [1.29, 1.82) is 0 Å². The summed E-state index contributed by atoms with van der Waals surface area (Å²) in [5.41, 5.74) is 0.120. The molecule has 2 unspecified atom stereocenters. The lowest BCUT2D eigenvalue weighted by atomic mass is 9.86. The molecule has 1 aliphatic heterocycles. The summed E-state index contributed by atoms with van der Waals surface area (Å²) in [6, 6.07) is 0. The molecule has 0 aromatic carbocycles. The van der Waals surface area contributed by atoms with Crippen LogP contribution in [0.3, 0.4) is 0 Å². The van der Waals surface area contributed by atoms with Gasteiger partial charge in [0.2, 0.25) is 0 Å². The van der Waals surface area contributed by atoms with Gasteiger partial charge in [-0.05, 0) is 18.8 Å². The summed E-state index contributed by atoms with van der Waals surface area (Å²) < 4.78 is 13.1. The van der Waals surface area contributed by atoms with E-state index < -0.39 is 0 Å². The van der Waals surface area contributed by atoms with E-state index in [2.05, 4.69) is 29.5 Å². The van der Waals surface area contributed by atoms with Crippen molar-refractivity contribution < 1.29 is 9.47 Å². The van der Waals surface area contributed by atoms with E-state index in [1.807, 2.05) is 0 Å². The van der Waals surface area contributed by atoms with Crippen molar-refractivity contribution in [2.45, 2.75) is 57.2 Å². The van der Waals surface area contributed by atoms with Gasteiger partial charge in [0.05, 0.1) is 11.7 Å². The van der Waals surface area contributed by atoms with Gasteiger partial charge < -0.3 is 9.47 Å². The Balaban J connectivity index is 1.93. The minimum absolute atomic E-state index is 0.120. The molecule has 0 amide bonds. The summed E-state index contributed by atoms with van der Waals surface area (Å²) in [4.78, 5) is 0. The molecular weight excluding hydrogens is 315 g/mol. The molecule has 0 bridgehead atoms. The standard InChI is InChI=1S/C13H23IO2/c1-11-4-2-3-5-12(11)16-13(10-14)6-8-15-9-7-13/h11-12H,2-10H2,1H3. The largest absolute Gasteiger partial charge is 0.381 e. The zero-order valence-corrected chi connectivity index (χ0v) is 12.4. The molecule has 1 aliphatic carbocycles. The zero-order valence-electron chi connectivity index (χ0n) is 10.2. The molecular formula is C13H23IO2. The Hall–Kier alpha value is 0.650. The van der Waals surface area contributed by atoms with E-state index in [-0.39, 0.29) is 5.60 Å². The molecule has 16 heavy (non-hydrogen) atoms. The molecule has 3 heteroatoms. The van der Waals surface area contributed by atoms with E-state index in [1.54, 1.807) is 0 Å². The molecule has 2 rings (SSSR count). The molecule has 2 fully saturated rings. The van der Waals surface area contributed by atoms with Crippen LogP contribution >= 0.6 is 22.6 Å². The van der Waals surface area contributed by atoms with Crippen molar-refractivity contribution in [1.82, 2.24) is 0 Å². The van der Waals surface area contributed by atoms with Crippen LogP contribution in [0.4, 0.5) is 0 Å². The summed E-state index contributed by atoms with van der Waals surface area (Å²) in [6.07, 6.45) is 8.02. The zero-order chi connectivity index (χ0) is 11.4. The van der Waals surface area contributed by atoms with Gasteiger partial charge in [-0.15, -0.1) is 0 Å². The summed E-state index contributed by atoms with van der Waals surface area (Å²) >= 11 is 2.48. The number of rotatable bonds is 3. The lowest BCUT2D eigenvalue weighted by Gasteiger charge is -2.41. The summed E-state index contributed by atoms with van der Waals surface area (Å²) in [5, 5.41) is 0. The lowest BCUT2D eigenvalue weighted by molar-refractivity contribution is -0.149. The van der Waals surface area contributed by atoms with Crippen molar-refractivity contribution >= 4 is 22.6 Å². The van der Waals surface area contributed by atoms with Crippen molar-refractivity contribution in [3.05, 3.63) is 0 Å². The highest BCUT2D eigenvalue weighted by molar-refractivity contribution is 14.1. The molecule has 1 saturated carbocycles. The third-order valence-corrected chi connectivity index (χ3v) is 5.47. The van der Waals surface area contributed by atoms with Crippen LogP contribution in [0.15, 0.2) is 0 Å². The molecule has 0 N–H and O–H groups in total. The van der Waals surface area contributed by atoms with Crippen LogP contribution in [0.2, 0.25) is 0 Å². The van der Waals surface area contributed by atoms with Gasteiger partial charge in [0.15, 0.2) is 0 Å². The van der Waals surface area contributed by atoms with Crippen LogP contribution in [0.1, 0.15) is 45.4 Å². The smallest absolute Gasteiger partial charge is 0.0819 e. The van der Waals surface area contributed by atoms with Crippen LogP contribution < -0.4 is 0 Å². The lowest BCUT2D eigenvalue weighted by Crippen LogP contribution is -2.45. The van der Waals surface area contributed by atoms with Gasteiger partial charge in [0.25, 0.3) is 0 Å². The first-order valence-electron chi connectivity index (χ1n) is 6.57. The molecule has 2 aliphatic rings. The minimum atomic E-state index is 0.120. The van der Waals surface area contributed by atoms with Gasteiger partial charge in [0.1, 0.15) is 0 Å². The van der Waals surface area contributed by atoms with Crippen molar-refractivity contribution in [3.8, 4) is 0 Å². The van der Waals surface area contributed by atoms with E-state index in [0.717, 1.165) is 36.4 Å². The number of alkyl halides is 1. The number of ether oxygens (including phenoxy) is 2. The molecule has 0 radical (unpaired) electrons. The Morgan fingerprint density at radius 1 is 1.25 bits per heavy atom. The van der Waals surface area contributed by atoms with E-state index in [0.29, 0.717) is 6.10 Å². The predicted molar refractivity (Wildman–Crippen MR) is 74.2 cm³/mol. The Labute approximate surface area is 113 Å². The van der Waals surface area contributed by atoms with Crippen molar-refractivity contribution in [2.24, 2.45) is 5.92 Å². The average Bonchev–Trinajstić information content (AvgIpc) is 2.33. The maximum atomic E-state index is 6.49. The van der Waals surface area contributed by atoms with Crippen LogP contribution in [0.5, 0.6) is 0 Å². The van der Waals surface area contributed by atoms with Crippen molar-refractivity contribution in [3.63, 3.8) is 0 Å². The summed E-state index contributed by atoms with van der Waals surface area (Å²) in [7, 11) is 0. The predicted octanol–water partition coefficient (Wildman–Crippen LogP) is 3.57. The Morgan fingerprint density at radius 3 is 2.56 bits per heavy atom. The minimum Gasteiger partial charge on any atom is -0.381 e. The van der Waals surface area contributed by atoms with E-state index in [4.69, 9.17) is 9.47 Å². The van der Waals surface area contributed by atoms with Gasteiger partial charge in [-0.1, -0.05) is 42.4 Å². The van der Waals surface area contributed by atoms with Gasteiger partial charge in [0, 0.05) is 30.5 Å². The third-order valence-electron chi connectivity index (χ3n) is 4.08. The molecule has 2 nitrogen and oxygen atoms in total. The van der Waals surface area contributed by atoms with E-state index in [1.165, 1.54) is 25.7 Å². The number of halogens is 1. The van der Waals surface area contributed by atoms with Gasteiger partial charge in [-0.25, -0.2) is 0 Å². The SMILES string of the molecule is CC1CCCCC1OC1(CI)CCOCC1. The first-order valence-corrected chi connectivity index (χ1v) is 8.10. The first-order chi connectivity index (χ1) is 7.76. The molecule has 0 spiro atoms. The third kappa shape index (κ3) is 3.10. The quantitative estimate of drug-likeness (QED) is 0.579. The molecule has 94 valence electrons. The molecule has 0 aromatic heterocycles. The Kier molecular flexibility index (Phi) is 4.91. The monoisotopic (exact) mass is 338 g/mol. The number of hydrogen-bond donors (Lipinski definition) is 0. The van der Waals surface area contributed by atoms with Gasteiger partial charge in [-0.3, -0.25) is 0 Å². The summed E-state index contributed by atoms with van der Waals surface area (Å²) in [5.74, 6) is 0.747. The van der Waals surface area contributed by atoms with Crippen LogP contribution in [-0.2, 0) is 9.47 Å². The average molecular weight is 338 g/mol. The fourth-order valence-corrected chi connectivity index (χ4v) is 3.75. The maximum Gasteiger partial charge on any atom is 0.0819 e. The van der Waals surface area contributed by atoms with Crippen LogP contribution in [0, 0.1) is 5.92 Å². The fraction of sp³-hybridized carbons (Fsp3) is 1.00. The fourth-order valence-electron chi connectivity index (χ4n) is 2.80. The van der Waals surface area contributed by atoms with Crippen molar-refractivity contribution in [2.75, 3.05) is 17.6 Å². The van der Waals surface area contributed by atoms with E-state index >= 15 is 0 Å². The molecule has 1 saturated heterocycles. The summed E-state index contributed by atoms with van der Waals surface area (Å²) in [6.45, 7) is 4.11. The molecule has 1 heterocycles. The second kappa shape index (κ2) is 6.01. The number of hydrogen-bond acceptors (Lipinski definition) is 2. The Morgan fingerprint density at radius 2 is 1.94 bits per heavy atom. The highest BCUT2D eigenvalue weighted by Crippen LogP contribution is 2.35. The Bertz CT molecular complexity index is 214. The second-order valence-electron chi connectivity index (χ2n) is 5.35. The first kappa shape index (κ1) is 13.1. The van der Waals surface area contributed by atoms with Gasteiger partial charge >= 0.3 is 0 Å². The van der Waals surface area contributed by atoms with Gasteiger partial charge in [-0.2, -0.15) is 0 Å². The second-order valence-corrected chi connectivity index (χ2v) is 6.11. The topological polar surface area (TPSA) is 18.5 Å². The van der Waals surface area contributed by atoms with Crippen LogP contribution in [0.25, 0.3) is 0 Å². The normalized spacial score (nSPS) is 34.9. The molecule has 0 aromatic rings. The highest BCUT2D eigenvalue weighted by Gasteiger charge is 2.37.